The summed E-state index contributed by atoms with van der Waals surface area (Å²) in [6, 6.07) is 8.81. The van der Waals surface area contributed by atoms with Crippen LogP contribution >= 0.6 is 11.8 Å². The Bertz CT molecular complexity index is 383. The summed E-state index contributed by atoms with van der Waals surface area (Å²) < 4.78 is 0.499. The molecule has 0 saturated heterocycles. The first kappa shape index (κ1) is 14.9. The summed E-state index contributed by atoms with van der Waals surface area (Å²) >= 11 is 2.08. The molecule has 1 aliphatic rings. The molecule has 0 bridgehead atoms. The van der Waals surface area contributed by atoms with E-state index in [0.717, 1.165) is 19.5 Å². The van der Waals surface area contributed by atoms with E-state index in [-0.39, 0.29) is 0 Å². The molecule has 2 heteroatoms. The van der Waals surface area contributed by atoms with Crippen molar-refractivity contribution in [2.75, 3.05) is 12.8 Å². The van der Waals surface area contributed by atoms with E-state index in [0.29, 0.717) is 4.75 Å². The van der Waals surface area contributed by atoms with Crippen LogP contribution in [0.5, 0.6) is 0 Å². The van der Waals surface area contributed by atoms with Gasteiger partial charge in [-0.1, -0.05) is 50.5 Å². The van der Waals surface area contributed by atoms with E-state index < -0.39 is 0 Å². The minimum atomic E-state index is 0.499. The second-order valence-electron chi connectivity index (χ2n) is 5.67. The average molecular weight is 277 g/mol. The third-order valence-electron chi connectivity index (χ3n) is 4.46. The molecule has 106 valence electrons. The Labute approximate surface area is 122 Å². The molecule has 19 heavy (non-hydrogen) atoms. The van der Waals surface area contributed by atoms with Gasteiger partial charge in [-0.15, -0.1) is 0 Å². The molecule has 0 amide bonds. The average Bonchev–Trinajstić information content (AvgIpc) is 2.49. The lowest BCUT2D eigenvalue weighted by molar-refractivity contribution is 0.379. The molecule has 0 unspecified atom stereocenters. The Hall–Kier alpha value is -0.470. The van der Waals surface area contributed by atoms with E-state index in [9.17, 15) is 0 Å². The zero-order chi connectivity index (χ0) is 13.6. The SMILES string of the molecule is CCc1ccccc1CNCC1(SC)CCCCC1. The molecule has 0 aromatic heterocycles. The fourth-order valence-corrected chi connectivity index (χ4v) is 4.09. The Morgan fingerprint density at radius 3 is 2.42 bits per heavy atom. The van der Waals surface area contributed by atoms with Gasteiger partial charge in [-0.25, -0.2) is 0 Å². The summed E-state index contributed by atoms with van der Waals surface area (Å²) in [5.74, 6) is 0. The largest absolute Gasteiger partial charge is 0.311 e. The van der Waals surface area contributed by atoms with E-state index in [1.807, 2.05) is 0 Å². The van der Waals surface area contributed by atoms with Gasteiger partial charge in [0, 0.05) is 17.8 Å². The third kappa shape index (κ3) is 4.00. The van der Waals surface area contributed by atoms with Crippen LogP contribution in [-0.4, -0.2) is 17.5 Å². The monoisotopic (exact) mass is 277 g/mol. The van der Waals surface area contributed by atoms with E-state index in [1.54, 1.807) is 0 Å². The zero-order valence-corrected chi connectivity index (χ0v) is 13.2. The number of rotatable bonds is 6. The van der Waals surface area contributed by atoms with Crippen molar-refractivity contribution < 1.29 is 0 Å². The summed E-state index contributed by atoms with van der Waals surface area (Å²) in [6.07, 6.45) is 10.4. The van der Waals surface area contributed by atoms with E-state index in [2.05, 4.69) is 54.5 Å². The highest BCUT2D eigenvalue weighted by atomic mass is 32.2. The van der Waals surface area contributed by atoms with Gasteiger partial charge in [0.25, 0.3) is 0 Å². The minimum Gasteiger partial charge on any atom is -0.311 e. The molecule has 0 atom stereocenters. The minimum absolute atomic E-state index is 0.499. The van der Waals surface area contributed by atoms with Gasteiger partial charge in [0.1, 0.15) is 0 Å². The van der Waals surface area contributed by atoms with Crippen LogP contribution in [0.2, 0.25) is 0 Å². The molecule has 1 N–H and O–H groups in total. The molecule has 0 spiro atoms. The molecule has 1 aromatic carbocycles. The molecule has 1 fully saturated rings. The van der Waals surface area contributed by atoms with Gasteiger partial charge in [-0.2, -0.15) is 11.8 Å². The van der Waals surface area contributed by atoms with Gasteiger partial charge in [-0.3, -0.25) is 0 Å². The van der Waals surface area contributed by atoms with E-state index in [1.165, 1.54) is 43.2 Å². The number of thioether (sulfide) groups is 1. The molecular weight excluding hydrogens is 250 g/mol. The van der Waals surface area contributed by atoms with E-state index in [4.69, 9.17) is 0 Å². The predicted molar refractivity (Wildman–Crippen MR) is 86.9 cm³/mol. The van der Waals surface area contributed by atoms with Crippen molar-refractivity contribution in [2.24, 2.45) is 0 Å². The number of nitrogens with one attached hydrogen (secondary N) is 1. The number of hydrogen-bond acceptors (Lipinski definition) is 2. The van der Waals surface area contributed by atoms with Crippen molar-refractivity contribution in [3.8, 4) is 0 Å². The van der Waals surface area contributed by atoms with Crippen molar-refractivity contribution in [2.45, 2.75) is 56.7 Å². The van der Waals surface area contributed by atoms with Crippen LogP contribution in [0.1, 0.15) is 50.2 Å². The molecule has 0 radical (unpaired) electrons. The quantitative estimate of drug-likeness (QED) is 0.827. The second-order valence-corrected chi connectivity index (χ2v) is 6.95. The molecule has 1 aromatic rings. The first-order chi connectivity index (χ1) is 9.29. The molecule has 1 nitrogen and oxygen atoms in total. The second kappa shape index (κ2) is 7.35. The lowest BCUT2D eigenvalue weighted by Gasteiger charge is -2.36. The van der Waals surface area contributed by atoms with Gasteiger partial charge in [0.15, 0.2) is 0 Å². The van der Waals surface area contributed by atoms with Crippen molar-refractivity contribution in [3.05, 3.63) is 35.4 Å². The van der Waals surface area contributed by atoms with Gasteiger partial charge in [0.05, 0.1) is 0 Å². The molecular formula is C17H27NS. The van der Waals surface area contributed by atoms with Crippen molar-refractivity contribution in [1.29, 1.82) is 0 Å². The maximum absolute atomic E-state index is 3.72. The Kier molecular flexibility index (Phi) is 5.77. The van der Waals surface area contributed by atoms with Crippen LogP contribution < -0.4 is 5.32 Å². The van der Waals surface area contributed by atoms with Crippen LogP contribution in [0.25, 0.3) is 0 Å². The van der Waals surface area contributed by atoms with Crippen LogP contribution in [0.4, 0.5) is 0 Å². The molecule has 0 heterocycles. The smallest absolute Gasteiger partial charge is 0.0281 e. The lowest BCUT2D eigenvalue weighted by Crippen LogP contribution is -2.39. The topological polar surface area (TPSA) is 12.0 Å². The highest BCUT2D eigenvalue weighted by Crippen LogP contribution is 2.37. The summed E-state index contributed by atoms with van der Waals surface area (Å²) in [4.78, 5) is 0. The molecule has 0 aliphatic heterocycles. The Morgan fingerprint density at radius 2 is 1.79 bits per heavy atom. The van der Waals surface area contributed by atoms with Gasteiger partial charge in [0.2, 0.25) is 0 Å². The standard InChI is InChI=1S/C17H27NS/c1-3-15-9-5-6-10-16(15)13-18-14-17(19-2)11-7-4-8-12-17/h5-6,9-10,18H,3-4,7-8,11-14H2,1-2H3. The van der Waals surface area contributed by atoms with Crippen molar-refractivity contribution in [1.82, 2.24) is 5.32 Å². The lowest BCUT2D eigenvalue weighted by atomic mass is 9.88. The Balaban J connectivity index is 1.88. The number of hydrogen-bond donors (Lipinski definition) is 1. The van der Waals surface area contributed by atoms with Crippen LogP contribution in [0, 0.1) is 0 Å². The van der Waals surface area contributed by atoms with Crippen LogP contribution in [0.3, 0.4) is 0 Å². The Morgan fingerprint density at radius 1 is 1.11 bits per heavy atom. The normalized spacial score (nSPS) is 18.4. The summed E-state index contributed by atoms with van der Waals surface area (Å²) in [7, 11) is 0. The van der Waals surface area contributed by atoms with Crippen molar-refractivity contribution in [3.63, 3.8) is 0 Å². The molecule has 1 saturated carbocycles. The van der Waals surface area contributed by atoms with E-state index >= 15 is 0 Å². The molecule has 2 rings (SSSR count). The van der Waals surface area contributed by atoms with Crippen LogP contribution in [0.15, 0.2) is 24.3 Å². The number of aryl methyl sites for hydroxylation is 1. The van der Waals surface area contributed by atoms with Gasteiger partial charge in [-0.05, 0) is 36.6 Å². The fraction of sp³-hybridized carbons (Fsp3) is 0.647. The highest BCUT2D eigenvalue weighted by Gasteiger charge is 2.30. The summed E-state index contributed by atoms with van der Waals surface area (Å²) in [5.41, 5.74) is 2.95. The summed E-state index contributed by atoms with van der Waals surface area (Å²) in [5, 5.41) is 3.72. The van der Waals surface area contributed by atoms with Gasteiger partial charge >= 0.3 is 0 Å². The predicted octanol–water partition coefficient (Wildman–Crippen LogP) is 4.40. The maximum atomic E-state index is 3.72. The zero-order valence-electron chi connectivity index (χ0n) is 12.4. The first-order valence-corrected chi connectivity index (χ1v) is 8.85. The third-order valence-corrected chi connectivity index (χ3v) is 5.88. The maximum Gasteiger partial charge on any atom is 0.0281 e. The number of benzene rings is 1. The first-order valence-electron chi connectivity index (χ1n) is 7.62. The highest BCUT2D eigenvalue weighted by molar-refractivity contribution is 8.00. The van der Waals surface area contributed by atoms with Crippen molar-refractivity contribution >= 4 is 11.8 Å². The van der Waals surface area contributed by atoms with Gasteiger partial charge < -0.3 is 5.32 Å². The fourth-order valence-electron chi connectivity index (χ4n) is 3.15. The van der Waals surface area contributed by atoms with Crippen LogP contribution in [-0.2, 0) is 13.0 Å². The summed E-state index contributed by atoms with van der Waals surface area (Å²) in [6.45, 7) is 4.42. The molecule has 1 aliphatic carbocycles.